The van der Waals surface area contributed by atoms with E-state index in [4.69, 9.17) is 11.6 Å². The lowest BCUT2D eigenvalue weighted by molar-refractivity contribution is 0.711. The quantitative estimate of drug-likeness (QED) is 0.323. The number of allylic oxidation sites excluding steroid dienone is 2. The van der Waals surface area contributed by atoms with Crippen molar-refractivity contribution in [2.24, 2.45) is 0 Å². The highest BCUT2D eigenvalue weighted by Gasteiger charge is 1.89. The van der Waals surface area contributed by atoms with Crippen LogP contribution < -0.4 is 0 Å². The van der Waals surface area contributed by atoms with Crippen molar-refractivity contribution in [3.05, 3.63) is 11.6 Å². The second-order valence-electron chi connectivity index (χ2n) is 2.99. The normalized spacial score (nSPS) is 12.1. The summed E-state index contributed by atoms with van der Waals surface area (Å²) in [6.07, 6.45) is 8.53. The summed E-state index contributed by atoms with van der Waals surface area (Å²) < 4.78 is 0. The van der Waals surface area contributed by atoms with E-state index in [1.165, 1.54) is 31.3 Å². The highest BCUT2D eigenvalue weighted by atomic mass is 35.5. The molecule has 0 nitrogen and oxygen atoms in total. The zero-order chi connectivity index (χ0) is 8.53. The van der Waals surface area contributed by atoms with Crippen molar-refractivity contribution in [2.45, 2.75) is 46.0 Å². The molecule has 0 N–H and O–H groups in total. The predicted molar refractivity (Wildman–Crippen MR) is 53.2 cm³/mol. The largest absolute Gasteiger partial charge is 0.126 e. The van der Waals surface area contributed by atoms with Crippen LogP contribution in [-0.4, -0.2) is 5.88 Å². The molecule has 0 aliphatic heterocycles. The van der Waals surface area contributed by atoms with E-state index in [0.29, 0.717) is 0 Å². The summed E-state index contributed by atoms with van der Waals surface area (Å²) in [6, 6.07) is 0. The third kappa shape index (κ3) is 7.93. The fourth-order valence-electron chi connectivity index (χ4n) is 1.06. The molecule has 0 fully saturated rings. The number of alkyl halides is 1. The van der Waals surface area contributed by atoms with Crippen LogP contribution in [0.3, 0.4) is 0 Å². The lowest BCUT2D eigenvalue weighted by atomic mass is 10.1. The molecule has 0 amide bonds. The fraction of sp³-hybridized carbons (Fsp3) is 0.800. The molecule has 0 heterocycles. The van der Waals surface area contributed by atoms with E-state index in [2.05, 4.69) is 19.9 Å². The van der Waals surface area contributed by atoms with Crippen molar-refractivity contribution in [1.29, 1.82) is 0 Å². The Hall–Kier alpha value is 0.0300. The predicted octanol–water partition coefficient (Wildman–Crippen LogP) is 4.14. The molecule has 0 aliphatic rings. The van der Waals surface area contributed by atoms with E-state index in [9.17, 15) is 0 Å². The van der Waals surface area contributed by atoms with Crippen LogP contribution in [0.5, 0.6) is 0 Å². The van der Waals surface area contributed by atoms with E-state index in [1.54, 1.807) is 0 Å². The van der Waals surface area contributed by atoms with Crippen LogP contribution in [-0.2, 0) is 0 Å². The maximum absolute atomic E-state index is 5.56. The Morgan fingerprint density at radius 3 is 2.64 bits per heavy atom. The van der Waals surface area contributed by atoms with Gasteiger partial charge in [0.2, 0.25) is 0 Å². The summed E-state index contributed by atoms with van der Waals surface area (Å²) in [5.74, 6) is 0.755. The Balaban J connectivity index is 3.27. The van der Waals surface area contributed by atoms with E-state index < -0.39 is 0 Å². The van der Waals surface area contributed by atoms with Crippen LogP contribution >= 0.6 is 11.6 Å². The Bertz CT molecular complexity index is 105. The molecular weight excluding hydrogens is 156 g/mol. The van der Waals surface area contributed by atoms with Crippen molar-refractivity contribution in [1.82, 2.24) is 0 Å². The molecule has 0 saturated heterocycles. The first kappa shape index (κ1) is 11.0. The maximum Gasteiger partial charge on any atom is 0.0258 e. The van der Waals surface area contributed by atoms with E-state index in [1.807, 2.05) is 0 Å². The zero-order valence-electron chi connectivity index (χ0n) is 7.70. The van der Waals surface area contributed by atoms with Crippen LogP contribution in [0.15, 0.2) is 11.6 Å². The smallest absolute Gasteiger partial charge is 0.0258 e. The zero-order valence-corrected chi connectivity index (χ0v) is 8.45. The average Bonchev–Trinajstić information content (AvgIpc) is 2.01. The second kappa shape index (κ2) is 8.13. The fourth-order valence-corrected chi connectivity index (χ4v) is 1.17. The minimum atomic E-state index is 0.755. The topological polar surface area (TPSA) is 0 Å². The summed E-state index contributed by atoms with van der Waals surface area (Å²) in [5.41, 5.74) is 1.50. The highest BCUT2D eigenvalue weighted by molar-refractivity contribution is 6.17. The molecule has 0 aromatic heterocycles. The number of halogens is 1. The molecule has 1 heteroatoms. The van der Waals surface area contributed by atoms with Crippen molar-refractivity contribution in [2.75, 3.05) is 5.88 Å². The summed E-state index contributed by atoms with van der Waals surface area (Å²) in [6.45, 7) is 4.43. The molecule has 0 bridgehead atoms. The number of rotatable bonds is 6. The molecule has 0 unspecified atom stereocenters. The SMILES string of the molecule is CCCCCC(C)=CCCCl. The summed E-state index contributed by atoms with van der Waals surface area (Å²) >= 11 is 5.56. The van der Waals surface area contributed by atoms with E-state index >= 15 is 0 Å². The lowest BCUT2D eigenvalue weighted by Crippen LogP contribution is -1.79. The molecule has 0 aliphatic carbocycles. The lowest BCUT2D eigenvalue weighted by Gasteiger charge is -1.98. The van der Waals surface area contributed by atoms with Crippen LogP contribution in [0.4, 0.5) is 0 Å². The number of hydrogen-bond acceptors (Lipinski definition) is 0. The first-order chi connectivity index (χ1) is 5.31. The standard InChI is InChI=1S/C10H19Cl/c1-3-4-5-7-10(2)8-6-9-11/h8H,3-7,9H2,1-2H3. The molecule has 0 atom stereocenters. The van der Waals surface area contributed by atoms with Gasteiger partial charge in [0, 0.05) is 5.88 Å². The summed E-state index contributed by atoms with van der Waals surface area (Å²) in [5, 5.41) is 0. The Morgan fingerprint density at radius 2 is 2.09 bits per heavy atom. The molecule has 0 radical (unpaired) electrons. The molecule has 0 aromatic carbocycles. The molecule has 11 heavy (non-hydrogen) atoms. The monoisotopic (exact) mass is 174 g/mol. The van der Waals surface area contributed by atoms with Gasteiger partial charge in [0.1, 0.15) is 0 Å². The molecule has 0 spiro atoms. The van der Waals surface area contributed by atoms with Crippen LogP contribution in [0.2, 0.25) is 0 Å². The van der Waals surface area contributed by atoms with E-state index in [-0.39, 0.29) is 0 Å². The number of unbranched alkanes of at least 4 members (excludes halogenated alkanes) is 2. The van der Waals surface area contributed by atoms with Gasteiger partial charge in [-0.2, -0.15) is 0 Å². The Kier molecular flexibility index (Phi) is 8.15. The van der Waals surface area contributed by atoms with Gasteiger partial charge in [-0.25, -0.2) is 0 Å². The minimum absolute atomic E-state index is 0.755. The highest BCUT2D eigenvalue weighted by Crippen LogP contribution is 2.08. The first-order valence-corrected chi connectivity index (χ1v) is 5.06. The van der Waals surface area contributed by atoms with Crippen molar-refractivity contribution in [3.63, 3.8) is 0 Å². The van der Waals surface area contributed by atoms with Gasteiger partial charge in [-0.1, -0.05) is 31.4 Å². The summed E-state index contributed by atoms with van der Waals surface area (Å²) in [4.78, 5) is 0. The van der Waals surface area contributed by atoms with Crippen molar-refractivity contribution >= 4 is 11.6 Å². The third-order valence-corrected chi connectivity index (χ3v) is 1.99. The van der Waals surface area contributed by atoms with Gasteiger partial charge < -0.3 is 0 Å². The maximum atomic E-state index is 5.56. The first-order valence-electron chi connectivity index (χ1n) is 4.52. The Morgan fingerprint density at radius 1 is 1.36 bits per heavy atom. The minimum Gasteiger partial charge on any atom is -0.126 e. The molecule has 66 valence electrons. The van der Waals surface area contributed by atoms with Gasteiger partial charge in [-0.15, -0.1) is 11.6 Å². The third-order valence-electron chi connectivity index (χ3n) is 1.78. The van der Waals surface area contributed by atoms with Gasteiger partial charge >= 0.3 is 0 Å². The van der Waals surface area contributed by atoms with Crippen molar-refractivity contribution < 1.29 is 0 Å². The van der Waals surface area contributed by atoms with Gasteiger partial charge in [0.05, 0.1) is 0 Å². The Labute approximate surface area is 75.6 Å². The van der Waals surface area contributed by atoms with Gasteiger partial charge in [0.25, 0.3) is 0 Å². The van der Waals surface area contributed by atoms with Crippen molar-refractivity contribution in [3.8, 4) is 0 Å². The molecule has 0 rings (SSSR count). The van der Waals surface area contributed by atoms with Gasteiger partial charge in [-0.3, -0.25) is 0 Å². The van der Waals surface area contributed by atoms with Crippen LogP contribution in [0.25, 0.3) is 0 Å². The van der Waals surface area contributed by atoms with Gasteiger partial charge in [0.15, 0.2) is 0 Å². The second-order valence-corrected chi connectivity index (χ2v) is 3.36. The van der Waals surface area contributed by atoms with Gasteiger partial charge in [-0.05, 0) is 26.2 Å². The summed E-state index contributed by atoms with van der Waals surface area (Å²) in [7, 11) is 0. The molecular formula is C10H19Cl. The van der Waals surface area contributed by atoms with E-state index in [0.717, 1.165) is 12.3 Å². The average molecular weight is 175 g/mol. The number of hydrogen-bond donors (Lipinski definition) is 0. The molecule has 0 aromatic rings. The van der Waals surface area contributed by atoms with Crippen LogP contribution in [0.1, 0.15) is 46.0 Å². The van der Waals surface area contributed by atoms with Crippen LogP contribution in [0, 0.1) is 0 Å². The molecule has 0 saturated carbocycles.